The van der Waals surface area contributed by atoms with Gasteiger partial charge >= 0.3 is 7.60 Å². The summed E-state index contributed by atoms with van der Waals surface area (Å²) in [4.78, 5) is 17.8. The summed E-state index contributed by atoms with van der Waals surface area (Å²) in [7, 11) is -2.47. The van der Waals surface area contributed by atoms with Crippen molar-refractivity contribution in [2.75, 3.05) is 19.8 Å². The van der Waals surface area contributed by atoms with E-state index in [2.05, 4.69) is 0 Å². The summed E-state index contributed by atoms with van der Waals surface area (Å²) in [6.07, 6.45) is -0.226. The highest BCUT2D eigenvalue weighted by molar-refractivity contribution is 7.51. The fraction of sp³-hybridized carbons (Fsp3) is 0.400. The fourth-order valence-electron chi connectivity index (χ4n) is 1.48. The molecule has 0 saturated carbocycles. The van der Waals surface area contributed by atoms with Gasteiger partial charge in [0, 0.05) is 5.92 Å². The lowest BCUT2D eigenvalue weighted by molar-refractivity contribution is 0.369. The minimum Gasteiger partial charge on any atom is -0.497 e. The average Bonchev–Trinajstić information content (AvgIpc) is 2.25. The van der Waals surface area contributed by atoms with Gasteiger partial charge in [-0.05, 0) is 24.2 Å². The molecule has 0 saturated heterocycles. The molecule has 1 aromatic rings. The van der Waals surface area contributed by atoms with Gasteiger partial charge in [-0.2, -0.15) is 0 Å². The van der Waals surface area contributed by atoms with Crippen molar-refractivity contribution in [2.45, 2.75) is 5.92 Å². The van der Waals surface area contributed by atoms with Crippen LogP contribution in [0.4, 0.5) is 0 Å². The number of benzene rings is 1. The van der Waals surface area contributed by atoms with Crippen LogP contribution in [0.3, 0.4) is 0 Å². The summed E-state index contributed by atoms with van der Waals surface area (Å²) in [5.74, 6) is 0.377. The van der Waals surface area contributed by atoms with E-state index in [1.54, 1.807) is 31.4 Å². The second-order valence-corrected chi connectivity index (χ2v) is 5.25. The third-order valence-corrected chi connectivity index (χ3v) is 3.25. The first-order chi connectivity index (χ1) is 7.46. The monoisotopic (exact) mass is 245 g/mol. The molecule has 0 aliphatic heterocycles. The molecule has 0 radical (unpaired) electrons. The van der Waals surface area contributed by atoms with Crippen molar-refractivity contribution >= 4 is 7.60 Å². The van der Waals surface area contributed by atoms with E-state index in [4.69, 9.17) is 20.3 Å². The largest absolute Gasteiger partial charge is 0.497 e. The summed E-state index contributed by atoms with van der Waals surface area (Å²) in [5.41, 5.74) is 6.32. The average molecular weight is 245 g/mol. The zero-order valence-electron chi connectivity index (χ0n) is 9.04. The predicted molar refractivity (Wildman–Crippen MR) is 61.7 cm³/mol. The molecule has 1 atom stereocenters. The summed E-state index contributed by atoms with van der Waals surface area (Å²) < 4.78 is 15.9. The Morgan fingerprint density at radius 3 is 2.31 bits per heavy atom. The molecule has 6 heteroatoms. The number of hydrogen-bond donors (Lipinski definition) is 3. The molecule has 0 aromatic heterocycles. The van der Waals surface area contributed by atoms with Crippen LogP contribution in [-0.4, -0.2) is 29.6 Å². The van der Waals surface area contributed by atoms with Crippen molar-refractivity contribution in [3.8, 4) is 5.75 Å². The first-order valence-corrected chi connectivity index (χ1v) is 6.64. The van der Waals surface area contributed by atoms with Gasteiger partial charge in [0.25, 0.3) is 0 Å². The smallest absolute Gasteiger partial charge is 0.326 e. The molecule has 90 valence electrons. The van der Waals surface area contributed by atoms with Crippen molar-refractivity contribution < 1.29 is 19.1 Å². The topological polar surface area (TPSA) is 92.8 Å². The van der Waals surface area contributed by atoms with Gasteiger partial charge in [-0.3, -0.25) is 4.57 Å². The van der Waals surface area contributed by atoms with Gasteiger partial charge in [0.05, 0.1) is 13.3 Å². The van der Waals surface area contributed by atoms with Gasteiger partial charge in [-0.15, -0.1) is 0 Å². The van der Waals surface area contributed by atoms with E-state index in [0.717, 1.165) is 5.56 Å². The highest BCUT2D eigenvalue weighted by Crippen LogP contribution is 2.39. The summed E-state index contributed by atoms with van der Waals surface area (Å²) >= 11 is 0. The van der Waals surface area contributed by atoms with Crippen LogP contribution in [0.15, 0.2) is 24.3 Å². The van der Waals surface area contributed by atoms with Gasteiger partial charge in [0.1, 0.15) is 5.75 Å². The molecule has 5 nitrogen and oxygen atoms in total. The van der Waals surface area contributed by atoms with Crippen LogP contribution in [0, 0.1) is 0 Å². The molecule has 1 rings (SSSR count). The predicted octanol–water partition coefficient (Wildman–Crippen LogP) is 0.915. The highest BCUT2D eigenvalue weighted by atomic mass is 31.2. The Hall–Kier alpha value is -0.870. The van der Waals surface area contributed by atoms with Crippen molar-refractivity contribution in [2.24, 2.45) is 5.73 Å². The third-order valence-electron chi connectivity index (χ3n) is 2.33. The molecular formula is C10H16NO4P. The number of rotatable bonds is 5. The number of hydrogen-bond acceptors (Lipinski definition) is 3. The van der Waals surface area contributed by atoms with Crippen molar-refractivity contribution in [3.05, 3.63) is 29.8 Å². The summed E-state index contributed by atoms with van der Waals surface area (Å²) in [6, 6.07) is 7.04. The van der Waals surface area contributed by atoms with E-state index in [-0.39, 0.29) is 18.6 Å². The molecule has 0 spiro atoms. The van der Waals surface area contributed by atoms with Crippen molar-refractivity contribution in [1.29, 1.82) is 0 Å². The second-order valence-electron chi connectivity index (χ2n) is 3.55. The molecule has 0 fully saturated rings. The molecule has 16 heavy (non-hydrogen) atoms. The van der Waals surface area contributed by atoms with E-state index >= 15 is 0 Å². The normalized spacial score (nSPS) is 13.5. The Morgan fingerprint density at radius 2 is 1.94 bits per heavy atom. The van der Waals surface area contributed by atoms with E-state index in [1.165, 1.54) is 0 Å². The quantitative estimate of drug-likeness (QED) is 0.670. The van der Waals surface area contributed by atoms with Gasteiger partial charge in [-0.1, -0.05) is 12.1 Å². The Morgan fingerprint density at radius 1 is 1.38 bits per heavy atom. The van der Waals surface area contributed by atoms with E-state index in [0.29, 0.717) is 5.75 Å². The molecule has 0 bridgehead atoms. The van der Waals surface area contributed by atoms with Gasteiger partial charge in [-0.25, -0.2) is 0 Å². The Bertz CT molecular complexity index is 373. The first-order valence-electron chi connectivity index (χ1n) is 4.85. The Kier molecular flexibility index (Phi) is 4.50. The molecule has 1 unspecified atom stereocenters. The fourth-order valence-corrected chi connectivity index (χ4v) is 2.41. The van der Waals surface area contributed by atoms with Crippen LogP contribution in [0.2, 0.25) is 0 Å². The highest BCUT2D eigenvalue weighted by Gasteiger charge is 2.21. The maximum Gasteiger partial charge on any atom is 0.326 e. The Labute approximate surface area is 94.4 Å². The van der Waals surface area contributed by atoms with E-state index < -0.39 is 7.60 Å². The number of ether oxygens (including phenoxy) is 1. The first kappa shape index (κ1) is 13.2. The van der Waals surface area contributed by atoms with Crippen molar-refractivity contribution in [3.63, 3.8) is 0 Å². The molecule has 0 aliphatic rings. The van der Waals surface area contributed by atoms with Crippen LogP contribution >= 0.6 is 7.60 Å². The van der Waals surface area contributed by atoms with Crippen LogP contribution in [-0.2, 0) is 4.57 Å². The zero-order valence-corrected chi connectivity index (χ0v) is 9.93. The molecule has 4 N–H and O–H groups in total. The lowest BCUT2D eigenvalue weighted by Gasteiger charge is -2.16. The molecule has 0 aliphatic carbocycles. The zero-order chi connectivity index (χ0) is 12.2. The maximum atomic E-state index is 10.9. The van der Waals surface area contributed by atoms with Gasteiger partial charge in [0.2, 0.25) is 0 Å². The Balaban J connectivity index is 2.83. The van der Waals surface area contributed by atoms with Crippen LogP contribution in [0.1, 0.15) is 11.5 Å². The second kappa shape index (κ2) is 5.46. The van der Waals surface area contributed by atoms with E-state index in [9.17, 15) is 4.57 Å². The van der Waals surface area contributed by atoms with Crippen LogP contribution < -0.4 is 10.5 Å². The van der Waals surface area contributed by atoms with E-state index in [1.807, 2.05) is 0 Å². The molecule has 0 heterocycles. The minimum atomic E-state index is -4.03. The molecule has 0 amide bonds. The summed E-state index contributed by atoms with van der Waals surface area (Å²) in [6.45, 7) is 0.206. The standard InChI is InChI=1S/C10H16NO4P/c1-15-10-4-2-8(3-5-10)9(6-11)7-16(12,13)14/h2-5,9H,6-7,11H2,1H3,(H2,12,13,14). The minimum absolute atomic E-state index is 0.206. The number of nitrogens with two attached hydrogens (primary N) is 1. The number of methoxy groups -OCH3 is 1. The van der Waals surface area contributed by atoms with Crippen LogP contribution in [0.25, 0.3) is 0 Å². The third kappa shape index (κ3) is 3.94. The van der Waals surface area contributed by atoms with Gasteiger partial charge < -0.3 is 20.3 Å². The SMILES string of the molecule is COc1ccc(C(CN)CP(=O)(O)O)cc1. The molecule has 1 aromatic carbocycles. The van der Waals surface area contributed by atoms with Crippen molar-refractivity contribution in [1.82, 2.24) is 0 Å². The van der Waals surface area contributed by atoms with Crippen LogP contribution in [0.5, 0.6) is 5.75 Å². The summed E-state index contributed by atoms with van der Waals surface area (Å²) in [5, 5.41) is 0. The maximum absolute atomic E-state index is 10.9. The lowest BCUT2D eigenvalue weighted by Crippen LogP contribution is -2.16. The molecular weight excluding hydrogens is 229 g/mol. The lowest BCUT2D eigenvalue weighted by atomic mass is 10.0. The van der Waals surface area contributed by atoms with Gasteiger partial charge in [0.15, 0.2) is 0 Å².